The lowest BCUT2D eigenvalue weighted by atomic mass is 10.1. The van der Waals surface area contributed by atoms with E-state index >= 15 is 0 Å². The molecule has 3 N–H and O–H groups in total. The number of halogens is 1. The summed E-state index contributed by atoms with van der Waals surface area (Å²) in [7, 11) is 0. The summed E-state index contributed by atoms with van der Waals surface area (Å²) in [5, 5.41) is 8.04. The summed E-state index contributed by atoms with van der Waals surface area (Å²) >= 11 is 0. The molecule has 0 fully saturated rings. The van der Waals surface area contributed by atoms with Crippen LogP contribution in [0.15, 0.2) is 54.6 Å². The molecule has 32 heavy (non-hydrogen) atoms. The number of carbonyl (C=O) groups excluding carboxylic acids is 3. The highest BCUT2D eigenvalue weighted by atomic mass is 19.1. The number of rotatable bonds is 8. The first-order chi connectivity index (χ1) is 15.1. The molecule has 0 atom stereocenters. The minimum Gasteiger partial charge on any atom is -0.444 e. The quantitative estimate of drug-likeness (QED) is 0.540. The average Bonchev–Trinajstić information content (AvgIpc) is 2.70. The van der Waals surface area contributed by atoms with Crippen molar-refractivity contribution >= 4 is 29.7 Å². The second-order valence-electron chi connectivity index (χ2n) is 7.99. The molecule has 0 aliphatic rings. The van der Waals surface area contributed by atoms with E-state index in [0.717, 1.165) is 0 Å². The molecule has 0 aromatic heterocycles. The molecule has 2 aromatic rings. The summed E-state index contributed by atoms with van der Waals surface area (Å²) < 4.78 is 18.3. The molecule has 0 radical (unpaired) electrons. The maximum absolute atomic E-state index is 13.2. The molecule has 3 amide bonds. The monoisotopic (exact) mass is 441 g/mol. The van der Waals surface area contributed by atoms with Gasteiger partial charge in [0.1, 0.15) is 11.4 Å². The van der Waals surface area contributed by atoms with Crippen molar-refractivity contribution in [3.8, 4) is 0 Å². The zero-order valence-corrected chi connectivity index (χ0v) is 18.4. The second kappa shape index (κ2) is 11.6. The minimum atomic E-state index is -0.609. The lowest BCUT2D eigenvalue weighted by Gasteiger charge is -2.19. The topological polar surface area (TPSA) is 96.5 Å². The Kier molecular flexibility index (Phi) is 8.95. The van der Waals surface area contributed by atoms with Gasteiger partial charge in [0.15, 0.2) is 0 Å². The van der Waals surface area contributed by atoms with Crippen LogP contribution < -0.4 is 16.0 Å². The van der Waals surface area contributed by atoms with Crippen molar-refractivity contribution in [3.05, 3.63) is 71.6 Å². The van der Waals surface area contributed by atoms with Gasteiger partial charge >= 0.3 is 6.09 Å². The number of anilines is 1. The first kappa shape index (κ1) is 24.6. The largest absolute Gasteiger partial charge is 0.444 e. The Morgan fingerprint density at radius 3 is 2.50 bits per heavy atom. The predicted octanol–water partition coefficient (Wildman–Crippen LogP) is 4.01. The highest BCUT2D eigenvalue weighted by molar-refractivity contribution is 5.93. The van der Waals surface area contributed by atoms with Gasteiger partial charge in [-0.2, -0.15) is 0 Å². The van der Waals surface area contributed by atoms with E-state index in [4.69, 9.17) is 4.74 Å². The van der Waals surface area contributed by atoms with E-state index in [2.05, 4.69) is 16.0 Å². The highest BCUT2D eigenvalue weighted by Gasteiger charge is 2.16. The lowest BCUT2D eigenvalue weighted by Crippen LogP contribution is -2.34. The van der Waals surface area contributed by atoms with E-state index in [9.17, 15) is 18.8 Å². The van der Waals surface area contributed by atoms with Gasteiger partial charge in [-0.05, 0) is 56.2 Å². The Morgan fingerprint density at radius 2 is 1.78 bits per heavy atom. The van der Waals surface area contributed by atoms with Crippen LogP contribution in [0.1, 0.15) is 38.3 Å². The van der Waals surface area contributed by atoms with Crippen LogP contribution in [0, 0.1) is 5.82 Å². The number of carbonyl (C=O) groups is 3. The number of alkyl carbamates (subject to hydrolysis) is 1. The van der Waals surface area contributed by atoms with Gasteiger partial charge in [0.2, 0.25) is 11.8 Å². The number of hydrogen-bond acceptors (Lipinski definition) is 4. The van der Waals surface area contributed by atoms with Crippen LogP contribution in [-0.4, -0.2) is 30.1 Å². The summed E-state index contributed by atoms with van der Waals surface area (Å²) in [5.41, 5.74) is 1.24. The van der Waals surface area contributed by atoms with E-state index in [0.29, 0.717) is 16.8 Å². The molecule has 2 rings (SSSR count). The molecule has 170 valence electrons. The number of hydrogen-bond donors (Lipinski definition) is 3. The third-order valence-electron chi connectivity index (χ3n) is 4.04. The fourth-order valence-electron chi connectivity index (χ4n) is 2.62. The van der Waals surface area contributed by atoms with E-state index in [1.807, 2.05) is 0 Å². The van der Waals surface area contributed by atoms with Crippen LogP contribution in [0.3, 0.4) is 0 Å². The van der Waals surface area contributed by atoms with E-state index in [-0.39, 0.29) is 37.1 Å². The van der Waals surface area contributed by atoms with Gasteiger partial charge in [0.05, 0.1) is 0 Å². The minimum absolute atomic E-state index is 0.0658. The van der Waals surface area contributed by atoms with Crippen molar-refractivity contribution in [1.29, 1.82) is 0 Å². The van der Waals surface area contributed by atoms with Crippen molar-refractivity contribution in [1.82, 2.24) is 10.6 Å². The molecule has 2 aromatic carbocycles. The summed E-state index contributed by atoms with van der Waals surface area (Å²) in [6.07, 6.45) is 2.32. The van der Waals surface area contributed by atoms with Crippen molar-refractivity contribution in [2.75, 3.05) is 11.9 Å². The SMILES string of the molecule is CC(C)(C)OC(=O)NCCC(=O)Nc1ccccc1CNC(=O)/C=C/c1cccc(F)c1. The summed E-state index contributed by atoms with van der Waals surface area (Å²) in [5.74, 6) is -1.01. The molecule has 0 spiro atoms. The normalized spacial score (nSPS) is 11.1. The summed E-state index contributed by atoms with van der Waals surface area (Å²) in [6.45, 7) is 5.59. The maximum atomic E-state index is 13.2. The molecule has 0 aliphatic carbocycles. The fourth-order valence-corrected chi connectivity index (χ4v) is 2.62. The molecule has 0 unspecified atom stereocenters. The van der Waals surface area contributed by atoms with Crippen LogP contribution >= 0.6 is 0 Å². The zero-order chi connectivity index (χ0) is 23.6. The zero-order valence-electron chi connectivity index (χ0n) is 18.4. The van der Waals surface area contributed by atoms with Gasteiger partial charge in [-0.3, -0.25) is 9.59 Å². The molecule has 0 heterocycles. The summed E-state index contributed by atoms with van der Waals surface area (Å²) in [4.78, 5) is 35.9. The first-order valence-electron chi connectivity index (χ1n) is 10.2. The molecular weight excluding hydrogens is 413 g/mol. The molecular formula is C24H28FN3O4. The molecule has 8 heteroatoms. The van der Waals surface area contributed by atoms with Gasteiger partial charge in [-0.25, -0.2) is 9.18 Å². The van der Waals surface area contributed by atoms with Crippen molar-refractivity contribution < 1.29 is 23.5 Å². The van der Waals surface area contributed by atoms with Crippen LogP contribution in [0.4, 0.5) is 14.9 Å². The van der Waals surface area contributed by atoms with Gasteiger partial charge in [-0.15, -0.1) is 0 Å². The Morgan fingerprint density at radius 1 is 1.03 bits per heavy atom. The number of amides is 3. The molecule has 7 nitrogen and oxygen atoms in total. The van der Waals surface area contributed by atoms with E-state index in [1.54, 1.807) is 57.2 Å². The number of para-hydroxylation sites is 1. The number of benzene rings is 2. The van der Waals surface area contributed by atoms with E-state index in [1.165, 1.54) is 24.3 Å². The third kappa shape index (κ3) is 9.42. The second-order valence-corrected chi connectivity index (χ2v) is 7.99. The van der Waals surface area contributed by atoms with Gasteiger partial charge in [0.25, 0.3) is 0 Å². The molecule has 0 saturated heterocycles. The smallest absolute Gasteiger partial charge is 0.407 e. The third-order valence-corrected chi connectivity index (χ3v) is 4.04. The molecule has 0 saturated carbocycles. The van der Waals surface area contributed by atoms with Crippen molar-refractivity contribution in [3.63, 3.8) is 0 Å². The Labute approximate surface area is 187 Å². The predicted molar refractivity (Wildman–Crippen MR) is 121 cm³/mol. The fraction of sp³-hybridized carbons (Fsp3) is 0.292. The first-order valence-corrected chi connectivity index (χ1v) is 10.2. The maximum Gasteiger partial charge on any atom is 0.407 e. The van der Waals surface area contributed by atoms with Crippen LogP contribution in [-0.2, 0) is 20.9 Å². The standard InChI is InChI=1S/C24H28FN3O4/c1-24(2,3)32-23(31)26-14-13-22(30)28-20-10-5-4-8-18(20)16-27-21(29)12-11-17-7-6-9-19(25)15-17/h4-12,15H,13-14,16H2,1-3H3,(H,26,31)(H,27,29)(H,28,30)/b12-11+. The Bertz CT molecular complexity index is 983. The Balaban J connectivity index is 1.83. The van der Waals surface area contributed by atoms with Crippen molar-refractivity contribution in [2.45, 2.75) is 39.3 Å². The van der Waals surface area contributed by atoms with Crippen LogP contribution in [0.2, 0.25) is 0 Å². The van der Waals surface area contributed by atoms with Gasteiger partial charge in [0, 0.05) is 31.3 Å². The molecule has 0 bridgehead atoms. The number of ether oxygens (including phenoxy) is 1. The summed E-state index contributed by atoms with van der Waals surface area (Å²) in [6, 6.07) is 13.0. The average molecular weight is 442 g/mol. The van der Waals surface area contributed by atoms with Crippen LogP contribution in [0.25, 0.3) is 6.08 Å². The molecule has 0 aliphatic heterocycles. The highest BCUT2D eigenvalue weighted by Crippen LogP contribution is 2.15. The Hall–Kier alpha value is -3.68. The van der Waals surface area contributed by atoms with E-state index < -0.39 is 11.7 Å². The lowest BCUT2D eigenvalue weighted by molar-refractivity contribution is -0.117. The number of nitrogens with one attached hydrogen (secondary N) is 3. The van der Waals surface area contributed by atoms with Gasteiger partial charge < -0.3 is 20.7 Å². The van der Waals surface area contributed by atoms with Crippen molar-refractivity contribution in [2.24, 2.45) is 0 Å². The van der Waals surface area contributed by atoms with Crippen LogP contribution in [0.5, 0.6) is 0 Å². The van der Waals surface area contributed by atoms with Gasteiger partial charge in [-0.1, -0.05) is 30.3 Å².